The molecular weight excluding hydrogens is 528 g/mol. The fourth-order valence-corrected chi connectivity index (χ4v) is 3.49. The van der Waals surface area contributed by atoms with Crippen LogP contribution in [0.25, 0.3) is 0 Å². The van der Waals surface area contributed by atoms with Gasteiger partial charge in [-0.05, 0) is 50.3 Å². The predicted octanol–water partition coefficient (Wildman–Crippen LogP) is -3.50. The quantitative estimate of drug-likeness (QED) is 0.0501. The number of aromatic hydroxyl groups is 1. The molecule has 222 valence electrons. The number of nitrogens with zero attached hydrogens (tertiary/aromatic N) is 1. The van der Waals surface area contributed by atoms with Crippen molar-refractivity contribution in [3.8, 4) is 5.75 Å². The minimum Gasteiger partial charge on any atom is -0.508 e. The molecule has 4 amide bonds. The fraction of sp³-hybridized carbons (Fsp3) is 0.500. The summed E-state index contributed by atoms with van der Waals surface area (Å²) in [5.74, 6) is -4.94. The number of aliphatic hydroxyl groups is 1. The number of nitrogens with two attached hydrogens (primary N) is 4. The lowest BCUT2D eigenvalue weighted by Gasteiger charge is -2.26. The lowest BCUT2D eigenvalue weighted by molar-refractivity contribution is -0.143. The van der Waals surface area contributed by atoms with Crippen LogP contribution in [0.2, 0.25) is 0 Å². The van der Waals surface area contributed by atoms with Crippen molar-refractivity contribution in [1.82, 2.24) is 16.0 Å². The lowest BCUT2D eigenvalue weighted by Crippen LogP contribution is -2.60. The number of rotatable bonds is 17. The van der Waals surface area contributed by atoms with Gasteiger partial charge in [-0.15, -0.1) is 0 Å². The first kappa shape index (κ1) is 33.6. The van der Waals surface area contributed by atoms with Gasteiger partial charge in [-0.2, -0.15) is 0 Å². The van der Waals surface area contributed by atoms with Gasteiger partial charge in [0.15, 0.2) is 5.96 Å². The van der Waals surface area contributed by atoms with Crippen LogP contribution in [0.15, 0.2) is 29.3 Å². The number of primary amides is 1. The summed E-state index contributed by atoms with van der Waals surface area (Å²) in [4.78, 5) is 65.2. The van der Waals surface area contributed by atoms with Crippen LogP contribution in [0.1, 0.15) is 38.2 Å². The molecule has 16 nitrogen and oxygen atoms in total. The second kappa shape index (κ2) is 16.5. The zero-order chi connectivity index (χ0) is 30.4. The van der Waals surface area contributed by atoms with Crippen molar-refractivity contribution < 1.29 is 39.3 Å². The second-order valence-corrected chi connectivity index (χ2v) is 9.12. The van der Waals surface area contributed by atoms with E-state index in [-0.39, 0.29) is 50.4 Å². The van der Waals surface area contributed by atoms with Crippen LogP contribution >= 0.6 is 0 Å². The smallest absolute Gasteiger partial charge is 0.326 e. The SMILES string of the molecule is CC(O)C(NC(=O)C(CCC(N)=O)NC(=O)C(N)Cc1ccc(O)cc1)C(=O)NC(CCCN=C(N)N)C(=O)O. The molecule has 0 bridgehead atoms. The molecule has 0 aliphatic carbocycles. The molecular formula is C24H38N8O8. The Bertz CT molecular complexity index is 1060. The number of carboxylic acids is 1. The molecule has 0 aliphatic heterocycles. The standard InChI is InChI=1S/C24H38N8O8/c1-12(33)19(22(38)31-17(23(39)40)3-2-10-29-24(27)28)32-21(37)16(8-9-18(26)35)30-20(36)15(25)11-13-4-6-14(34)7-5-13/h4-7,12,15-17,19,33-34H,2-3,8-11,25H2,1H3,(H2,26,35)(H,30,36)(H,31,38)(H,32,37)(H,39,40)(H4,27,28,29). The lowest BCUT2D eigenvalue weighted by atomic mass is 10.0. The first-order chi connectivity index (χ1) is 18.7. The number of carbonyl (C=O) groups excluding carboxylic acids is 4. The Balaban J connectivity index is 2.94. The van der Waals surface area contributed by atoms with Crippen molar-refractivity contribution in [3.05, 3.63) is 29.8 Å². The van der Waals surface area contributed by atoms with Crippen molar-refractivity contribution in [2.24, 2.45) is 27.9 Å². The van der Waals surface area contributed by atoms with Crippen LogP contribution in [0.3, 0.4) is 0 Å². The Hall–Kier alpha value is -4.44. The number of nitrogens with one attached hydrogen (secondary N) is 3. The number of carboxylic acid groups (broad SMARTS) is 1. The van der Waals surface area contributed by atoms with E-state index in [4.69, 9.17) is 22.9 Å². The van der Waals surface area contributed by atoms with Gasteiger partial charge in [-0.1, -0.05) is 12.1 Å². The number of aliphatic carboxylic acids is 1. The molecule has 5 atom stereocenters. The molecule has 0 heterocycles. The summed E-state index contributed by atoms with van der Waals surface area (Å²) >= 11 is 0. The Morgan fingerprint density at radius 1 is 0.900 bits per heavy atom. The number of phenols is 1. The number of phenolic OH excluding ortho intramolecular Hbond substituents is 1. The summed E-state index contributed by atoms with van der Waals surface area (Å²) in [6.07, 6.45) is -1.77. The summed E-state index contributed by atoms with van der Waals surface area (Å²) in [7, 11) is 0. The van der Waals surface area contributed by atoms with Crippen molar-refractivity contribution in [2.45, 2.75) is 69.3 Å². The Morgan fingerprint density at radius 2 is 1.50 bits per heavy atom. The third kappa shape index (κ3) is 12.4. The number of benzene rings is 1. The second-order valence-electron chi connectivity index (χ2n) is 9.12. The largest absolute Gasteiger partial charge is 0.508 e. The van der Waals surface area contributed by atoms with Gasteiger partial charge in [0.1, 0.15) is 23.9 Å². The van der Waals surface area contributed by atoms with Crippen molar-refractivity contribution >= 4 is 35.6 Å². The van der Waals surface area contributed by atoms with Crippen molar-refractivity contribution in [2.75, 3.05) is 6.54 Å². The van der Waals surface area contributed by atoms with Crippen molar-refractivity contribution in [3.63, 3.8) is 0 Å². The Kier molecular flexibility index (Phi) is 13.9. The van der Waals surface area contributed by atoms with Crippen LogP contribution in [0, 0.1) is 0 Å². The normalized spacial score (nSPS) is 14.5. The highest BCUT2D eigenvalue weighted by Crippen LogP contribution is 2.11. The molecule has 0 aliphatic rings. The van der Waals surface area contributed by atoms with Gasteiger partial charge in [-0.25, -0.2) is 4.79 Å². The van der Waals surface area contributed by atoms with Gasteiger partial charge in [0.25, 0.3) is 0 Å². The van der Waals surface area contributed by atoms with Crippen LogP contribution in [0.4, 0.5) is 0 Å². The average molecular weight is 567 g/mol. The van der Waals surface area contributed by atoms with E-state index in [2.05, 4.69) is 20.9 Å². The third-order valence-corrected chi connectivity index (χ3v) is 5.66. The van der Waals surface area contributed by atoms with E-state index < -0.39 is 59.9 Å². The van der Waals surface area contributed by atoms with E-state index in [9.17, 15) is 39.3 Å². The molecule has 1 aromatic rings. The molecule has 1 rings (SSSR count). The maximum atomic E-state index is 13.0. The van der Waals surface area contributed by atoms with Crippen LogP contribution in [0.5, 0.6) is 5.75 Å². The summed E-state index contributed by atoms with van der Waals surface area (Å²) < 4.78 is 0. The number of hydrogen-bond donors (Lipinski definition) is 10. The van der Waals surface area contributed by atoms with Gasteiger partial charge >= 0.3 is 5.97 Å². The summed E-state index contributed by atoms with van der Waals surface area (Å²) in [5.41, 5.74) is 22.2. The van der Waals surface area contributed by atoms with Crippen LogP contribution in [-0.2, 0) is 30.4 Å². The Morgan fingerprint density at radius 3 is 2.02 bits per heavy atom. The number of amides is 4. The predicted molar refractivity (Wildman–Crippen MR) is 143 cm³/mol. The van der Waals surface area contributed by atoms with E-state index in [0.717, 1.165) is 0 Å². The first-order valence-electron chi connectivity index (χ1n) is 12.4. The van der Waals surface area contributed by atoms with Crippen LogP contribution < -0.4 is 38.9 Å². The highest BCUT2D eigenvalue weighted by molar-refractivity contribution is 5.94. The van der Waals surface area contributed by atoms with Crippen LogP contribution in [-0.4, -0.2) is 87.7 Å². The van der Waals surface area contributed by atoms with Gasteiger partial charge < -0.3 is 54.2 Å². The van der Waals surface area contributed by atoms with E-state index in [1.54, 1.807) is 12.1 Å². The molecule has 0 aromatic heterocycles. The maximum absolute atomic E-state index is 13.0. The summed E-state index contributed by atoms with van der Waals surface area (Å²) in [6, 6.07) is 0.517. The van der Waals surface area contributed by atoms with Gasteiger partial charge in [0, 0.05) is 13.0 Å². The topological polar surface area (TPSA) is 299 Å². The average Bonchev–Trinajstić information content (AvgIpc) is 2.86. The molecule has 14 N–H and O–H groups in total. The molecule has 0 saturated carbocycles. The first-order valence-corrected chi connectivity index (χ1v) is 12.4. The number of aliphatic imine (C=N–C) groups is 1. The molecule has 0 fully saturated rings. The summed E-state index contributed by atoms with van der Waals surface area (Å²) in [5, 5.41) is 35.9. The Labute approximate surface area is 230 Å². The van der Waals surface area contributed by atoms with E-state index in [1.807, 2.05) is 0 Å². The zero-order valence-electron chi connectivity index (χ0n) is 22.1. The number of carbonyl (C=O) groups is 5. The highest BCUT2D eigenvalue weighted by atomic mass is 16.4. The molecule has 0 radical (unpaired) electrons. The van der Waals surface area contributed by atoms with Crippen molar-refractivity contribution in [1.29, 1.82) is 0 Å². The number of guanidine groups is 1. The van der Waals surface area contributed by atoms with Gasteiger partial charge in [0.2, 0.25) is 23.6 Å². The highest BCUT2D eigenvalue weighted by Gasteiger charge is 2.32. The van der Waals surface area contributed by atoms with Gasteiger partial charge in [-0.3, -0.25) is 24.2 Å². The fourth-order valence-electron chi connectivity index (χ4n) is 3.49. The number of hydrogen-bond acceptors (Lipinski definition) is 9. The molecule has 0 spiro atoms. The molecule has 16 heteroatoms. The molecule has 0 saturated heterocycles. The molecule has 5 unspecified atom stereocenters. The zero-order valence-corrected chi connectivity index (χ0v) is 22.1. The molecule has 40 heavy (non-hydrogen) atoms. The summed E-state index contributed by atoms with van der Waals surface area (Å²) in [6.45, 7) is 1.32. The van der Waals surface area contributed by atoms with E-state index >= 15 is 0 Å². The van der Waals surface area contributed by atoms with Gasteiger partial charge in [0.05, 0.1) is 12.1 Å². The molecule has 1 aromatic carbocycles. The minimum absolute atomic E-state index is 0.0299. The third-order valence-electron chi connectivity index (χ3n) is 5.66. The minimum atomic E-state index is -1.61. The number of aliphatic hydroxyl groups excluding tert-OH is 1. The van der Waals surface area contributed by atoms with E-state index in [0.29, 0.717) is 5.56 Å². The monoisotopic (exact) mass is 566 g/mol. The van der Waals surface area contributed by atoms with E-state index in [1.165, 1.54) is 19.1 Å². The maximum Gasteiger partial charge on any atom is 0.326 e.